The van der Waals surface area contributed by atoms with E-state index < -0.39 is 11.9 Å². The van der Waals surface area contributed by atoms with Crippen molar-refractivity contribution < 1.29 is 22.7 Å². The molecule has 0 atom stereocenters. The van der Waals surface area contributed by atoms with Crippen LogP contribution in [-0.2, 0) is 6.18 Å². The smallest absolute Gasteiger partial charge is 0.433 e. The molecule has 0 saturated carbocycles. The minimum atomic E-state index is -4.54. The highest BCUT2D eigenvalue weighted by atomic mass is 19.4. The normalized spacial score (nSPS) is 11.6. The van der Waals surface area contributed by atoms with Crippen LogP contribution in [0.4, 0.5) is 13.2 Å². The summed E-state index contributed by atoms with van der Waals surface area (Å²) in [4.78, 5) is 15.0. The molecule has 0 saturated heterocycles. The van der Waals surface area contributed by atoms with E-state index in [0.29, 0.717) is 10.9 Å². The molecule has 2 rings (SSSR count). The summed E-state index contributed by atoms with van der Waals surface area (Å²) in [5.41, 5.74) is -0.666. The standard InChI is InChI=1S/C13H10F3NO2/c1-7(18)8-3-5-10(19-2)12-9(8)4-6-11(17-12)13(14,15)16/h3-6H,1-2H3. The van der Waals surface area contributed by atoms with Gasteiger partial charge in [-0.15, -0.1) is 0 Å². The van der Waals surface area contributed by atoms with Crippen molar-refractivity contribution in [3.8, 4) is 5.75 Å². The Labute approximate surface area is 107 Å². The van der Waals surface area contributed by atoms with Crippen LogP contribution in [0.1, 0.15) is 23.0 Å². The molecule has 0 bridgehead atoms. The van der Waals surface area contributed by atoms with Crippen molar-refractivity contribution in [1.82, 2.24) is 4.98 Å². The van der Waals surface area contributed by atoms with Gasteiger partial charge in [0.05, 0.1) is 7.11 Å². The third kappa shape index (κ3) is 2.38. The van der Waals surface area contributed by atoms with Crippen molar-refractivity contribution in [2.45, 2.75) is 13.1 Å². The van der Waals surface area contributed by atoms with Gasteiger partial charge in [-0.05, 0) is 31.2 Å². The van der Waals surface area contributed by atoms with Gasteiger partial charge in [0.1, 0.15) is 17.0 Å². The molecule has 1 aromatic carbocycles. The van der Waals surface area contributed by atoms with Crippen LogP contribution in [0.2, 0.25) is 0 Å². The van der Waals surface area contributed by atoms with E-state index in [9.17, 15) is 18.0 Å². The van der Waals surface area contributed by atoms with Gasteiger partial charge in [0.25, 0.3) is 0 Å². The number of rotatable bonds is 2. The minimum Gasteiger partial charge on any atom is -0.494 e. The minimum absolute atomic E-state index is 0.0324. The number of pyridine rings is 1. The summed E-state index contributed by atoms with van der Waals surface area (Å²) in [5, 5.41) is 0.347. The van der Waals surface area contributed by atoms with Gasteiger partial charge in [0.15, 0.2) is 5.78 Å². The third-order valence-corrected chi connectivity index (χ3v) is 2.71. The van der Waals surface area contributed by atoms with Crippen LogP contribution in [0, 0.1) is 0 Å². The Balaban J connectivity index is 2.80. The van der Waals surface area contributed by atoms with Crippen molar-refractivity contribution >= 4 is 16.7 Å². The highest BCUT2D eigenvalue weighted by molar-refractivity contribution is 6.07. The Morgan fingerprint density at radius 2 is 1.89 bits per heavy atom. The number of ether oxygens (including phenoxy) is 1. The first kappa shape index (κ1) is 13.3. The first-order valence-corrected chi connectivity index (χ1v) is 5.40. The van der Waals surface area contributed by atoms with Crippen LogP contribution in [0.25, 0.3) is 10.9 Å². The largest absolute Gasteiger partial charge is 0.494 e. The molecule has 0 aliphatic carbocycles. The summed E-state index contributed by atoms with van der Waals surface area (Å²) < 4.78 is 42.9. The molecule has 0 aliphatic heterocycles. The molecule has 0 N–H and O–H groups in total. The predicted octanol–water partition coefficient (Wildman–Crippen LogP) is 3.46. The SMILES string of the molecule is COc1ccc(C(C)=O)c2ccc(C(F)(F)F)nc12. The number of hydrogen-bond acceptors (Lipinski definition) is 3. The fourth-order valence-corrected chi connectivity index (χ4v) is 1.82. The number of hydrogen-bond donors (Lipinski definition) is 0. The van der Waals surface area contributed by atoms with Gasteiger partial charge >= 0.3 is 6.18 Å². The average molecular weight is 269 g/mol. The highest BCUT2D eigenvalue weighted by Gasteiger charge is 2.33. The summed E-state index contributed by atoms with van der Waals surface area (Å²) in [6.07, 6.45) is -4.54. The number of Topliss-reactive ketones (excluding diaryl/α,β-unsaturated/α-hetero) is 1. The maximum atomic E-state index is 12.6. The zero-order chi connectivity index (χ0) is 14.2. The van der Waals surface area contributed by atoms with Crippen molar-refractivity contribution in [2.24, 2.45) is 0 Å². The Morgan fingerprint density at radius 1 is 1.21 bits per heavy atom. The lowest BCUT2D eigenvalue weighted by atomic mass is 10.0. The van der Waals surface area contributed by atoms with Crippen LogP contribution in [0.3, 0.4) is 0 Å². The molecule has 0 radical (unpaired) electrons. The van der Waals surface area contributed by atoms with Crippen LogP contribution in [0.15, 0.2) is 24.3 Å². The molecule has 0 fully saturated rings. The lowest BCUT2D eigenvalue weighted by Gasteiger charge is -2.11. The third-order valence-electron chi connectivity index (χ3n) is 2.71. The molecule has 1 heterocycles. The molecule has 0 aliphatic rings. The number of methoxy groups -OCH3 is 1. The zero-order valence-electron chi connectivity index (χ0n) is 10.2. The van der Waals surface area contributed by atoms with Gasteiger partial charge in [-0.25, -0.2) is 4.98 Å². The number of benzene rings is 1. The number of halogens is 3. The topological polar surface area (TPSA) is 39.2 Å². The number of aromatic nitrogens is 1. The maximum absolute atomic E-state index is 12.6. The first-order chi connectivity index (χ1) is 8.84. The number of ketones is 1. The highest BCUT2D eigenvalue weighted by Crippen LogP contribution is 2.33. The van der Waals surface area contributed by atoms with E-state index in [4.69, 9.17) is 4.74 Å². The molecular weight excluding hydrogens is 259 g/mol. The van der Waals surface area contributed by atoms with E-state index in [-0.39, 0.29) is 17.0 Å². The van der Waals surface area contributed by atoms with E-state index >= 15 is 0 Å². The van der Waals surface area contributed by atoms with Crippen LogP contribution >= 0.6 is 0 Å². The van der Waals surface area contributed by atoms with Gasteiger partial charge < -0.3 is 4.74 Å². The van der Waals surface area contributed by atoms with E-state index in [0.717, 1.165) is 6.07 Å². The van der Waals surface area contributed by atoms with Crippen LogP contribution < -0.4 is 4.74 Å². The van der Waals surface area contributed by atoms with Gasteiger partial charge in [-0.2, -0.15) is 13.2 Å². The maximum Gasteiger partial charge on any atom is 0.433 e. The number of nitrogens with zero attached hydrogens (tertiary/aromatic N) is 1. The molecule has 0 spiro atoms. The Hall–Kier alpha value is -2.11. The summed E-state index contributed by atoms with van der Waals surface area (Å²) >= 11 is 0. The van der Waals surface area contributed by atoms with Gasteiger partial charge in [0, 0.05) is 10.9 Å². The van der Waals surface area contributed by atoms with Gasteiger partial charge in [-0.1, -0.05) is 0 Å². The first-order valence-electron chi connectivity index (χ1n) is 5.40. The quantitative estimate of drug-likeness (QED) is 0.784. The molecular formula is C13H10F3NO2. The second-order valence-corrected chi connectivity index (χ2v) is 3.96. The second-order valence-electron chi connectivity index (χ2n) is 3.96. The van der Waals surface area contributed by atoms with Crippen molar-refractivity contribution in [3.63, 3.8) is 0 Å². The predicted molar refractivity (Wildman–Crippen MR) is 63.3 cm³/mol. The zero-order valence-corrected chi connectivity index (χ0v) is 10.2. The Morgan fingerprint density at radius 3 is 2.42 bits per heavy atom. The molecule has 0 unspecified atom stereocenters. The van der Waals surface area contributed by atoms with Gasteiger partial charge in [0.2, 0.25) is 0 Å². The van der Waals surface area contributed by atoms with E-state index in [1.54, 1.807) is 0 Å². The molecule has 19 heavy (non-hydrogen) atoms. The van der Waals surface area contributed by atoms with Crippen molar-refractivity contribution in [3.05, 3.63) is 35.5 Å². The van der Waals surface area contributed by atoms with E-state index in [1.165, 1.54) is 32.2 Å². The molecule has 3 nitrogen and oxygen atoms in total. The fourth-order valence-electron chi connectivity index (χ4n) is 1.82. The molecule has 100 valence electrons. The number of fused-ring (bicyclic) bond motifs is 1. The van der Waals surface area contributed by atoms with E-state index in [2.05, 4.69) is 4.98 Å². The average Bonchev–Trinajstić information content (AvgIpc) is 2.35. The van der Waals surface area contributed by atoms with E-state index in [1.807, 2.05) is 0 Å². The van der Waals surface area contributed by atoms with Crippen LogP contribution in [0.5, 0.6) is 5.75 Å². The molecule has 6 heteroatoms. The summed E-state index contributed by atoms with van der Waals surface area (Å²) in [6, 6.07) is 5.04. The molecule has 1 aromatic heterocycles. The number of carbonyl (C=O) groups is 1. The van der Waals surface area contributed by atoms with Crippen molar-refractivity contribution in [2.75, 3.05) is 7.11 Å². The Kier molecular flexibility index (Phi) is 3.18. The number of carbonyl (C=O) groups excluding carboxylic acids is 1. The van der Waals surface area contributed by atoms with Crippen LogP contribution in [-0.4, -0.2) is 17.9 Å². The lowest BCUT2D eigenvalue weighted by molar-refractivity contribution is -0.140. The molecule has 0 amide bonds. The molecule has 2 aromatic rings. The van der Waals surface area contributed by atoms with Gasteiger partial charge in [-0.3, -0.25) is 4.79 Å². The summed E-state index contributed by atoms with van der Waals surface area (Å²) in [6.45, 7) is 1.35. The monoisotopic (exact) mass is 269 g/mol. The lowest BCUT2D eigenvalue weighted by Crippen LogP contribution is -2.08. The van der Waals surface area contributed by atoms with Crippen molar-refractivity contribution in [1.29, 1.82) is 0 Å². The Bertz CT molecular complexity index is 650. The number of alkyl halides is 3. The fraction of sp³-hybridized carbons (Fsp3) is 0.231. The second kappa shape index (κ2) is 4.53. The summed E-state index contributed by atoms with van der Waals surface area (Å²) in [7, 11) is 1.34. The summed E-state index contributed by atoms with van der Waals surface area (Å²) in [5.74, 6) is -0.0414.